The van der Waals surface area contributed by atoms with Crippen LogP contribution in [-0.2, 0) is 19.0 Å². The normalized spacial score (nSPS) is 10.6. The molecule has 0 unspecified atom stereocenters. The number of rotatable bonds is 7. The Labute approximate surface area is 207 Å². The summed E-state index contributed by atoms with van der Waals surface area (Å²) in [6, 6.07) is 10.5. The second-order valence-corrected chi connectivity index (χ2v) is 7.16. The molecule has 0 amide bonds. The van der Waals surface area contributed by atoms with Gasteiger partial charge in [-0.3, -0.25) is 5.41 Å². The van der Waals surface area contributed by atoms with Crippen molar-refractivity contribution in [2.75, 3.05) is 7.11 Å². The van der Waals surface area contributed by atoms with Gasteiger partial charge in [0.2, 0.25) is 11.8 Å². The summed E-state index contributed by atoms with van der Waals surface area (Å²) in [5, 5.41) is 7.18. The van der Waals surface area contributed by atoms with E-state index in [0.717, 1.165) is 37.8 Å². The second-order valence-electron chi connectivity index (χ2n) is 7.16. The first-order chi connectivity index (χ1) is 16.1. The zero-order valence-corrected chi connectivity index (χ0v) is 20.3. The average Bonchev–Trinajstić information content (AvgIpc) is 2.79. The van der Waals surface area contributed by atoms with Crippen LogP contribution in [0.3, 0.4) is 0 Å². The highest BCUT2D eigenvalue weighted by atomic mass is 35.5. The van der Waals surface area contributed by atoms with Crippen LogP contribution >= 0.6 is 12.4 Å². The van der Waals surface area contributed by atoms with Crippen molar-refractivity contribution in [2.45, 2.75) is 45.7 Å². The van der Waals surface area contributed by atoms with Gasteiger partial charge in [-0.15, -0.1) is 12.4 Å². The summed E-state index contributed by atoms with van der Waals surface area (Å²) in [5.41, 5.74) is 6.17. The van der Waals surface area contributed by atoms with Crippen molar-refractivity contribution in [3.8, 4) is 17.4 Å². The second kappa shape index (κ2) is 13.5. The van der Waals surface area contributed by atoms with E-state index in [1.807, 2.05) is 19.1 Å². The molecule has 0 bridgehead atoms. The number of halogens is 5. The standard InChI is InChI=1S/C14H13F4N3O.C9H13N3.ClH/c1-3-5-8-6-4-7-9(19-8)12-20-11(15)10(14(16,17)18)13(21-12)22-2;1-2-4-7-5-3-6-8(12-7)9(10)11;/h4,6-7H,3,5H2,1-2H3;3,5-6H,2,4H2,1H3,(H3,10,11);1H. The molecule has 0 aliphatic rings. The minimum absolute atomic E-state index is 0. The molecule has 7 nitrogen and oxygen atoms in total. The molecule has 0 aromatic carbocycles. The van der Waals surface area contributed by atoms with Gasteiger partial charge in [-0.25, -0.2) is 9.97 Å². The summed E-state index contributed by atoms with van der Waals surface area (Å²) in [7, 11) is 0.988. The molecule has 3 N–H and O–H groups in total. The third kappa shape index (κ3) is 8.43. The Hall–Kier alpha value is -3.34. The fourth-order valence-corrected chi connectivity index (χ4v) is 2.94. The number of methoxy groups -OCH3 is 1. The molecule has 0 aliphatic carbocycles. The van der Waals surface area contributed by atoms with E-state index in [9.17, 15) is 17.6 Å². The van der Waals surface area contributed by atoms with Gasteiger partial charge >= 0.3 is 6.18 Å². The molecule has 0 atom stereocenters. The maximum Gasteiger partial charge on any atom is 0.426 e. The molecule has 0 aliphatic heterocycles. The Morgan fingerprint density at radius 1 is 0.943 bits per heavy atom. The molecule has 35 heavy (non-hydrogen) atoms. The number of aromatic nitrogens is 4. The summed E-state index contributed by atoms with van der Waals surface area (Å²) in [6.45, 7) is 4.06. The lowest BCUT2D eigenvalue weighted by Gasteiger charge is -2.12. The van der Waals surface area contributed by atoms with Gasteiger partial charge in [0, 0.05) is 11.4 Å². The Kier molecular flexibility index (Phi) is 11.5. The third-order valence-corrected chi connectivity index (χ3v) is 4.44. The van der Waals surface area contributed by atoms with Crippen LogP contribution in [0.1, 0.15) is 49.3 Å². The summed E-state index contributed by atoms with van der Waals surface area (Å²) in [5.74, 6) is -2.76. The number of alkyl halides is 3. The Morgan fingerprint density at radius 2 is 1.51 bits per heavy atom. The van der Waals surface area contributed by atoms with E-state index >= 15 is 0 Å². The molecule has 3 heterocycles. The van der Waals surface area contributed by atoms with Crippen molar-refractivity contribution in [2.24, 2.45) is 5.73 Å². The van der Waals surface area contributed by atoms with Crippen LogP contribution in [0.2, 0.25) is 0 Å². The molecule has 3 aromatic heterocycles. The van der Waals surface area contributed by atoms with E-state index in [-0.39, 0.29) is 29.8 Å². The number of aryl methyl sites for hydroxylation is 2. The number of nitrogens with one attached hydrogen (secondary N) is 1. The topological polar surface area (TPSA) is 111 Å². The minimum atomic E-state index is -4.94. The molecular formula is C23H27ClF4N6O. The molecule has 0 spiro atoms. The van der Waals surface area contributed by atoms with E-state index in [1.54, 1.807) is 18.2 Å². The molecule has 0 saturated heterocycles. The van der Waals surface area contributed by atoms with Gasteiger partial charge in [0.1, 0.15) is 17.2 Å². The first-order valence-corrected chi connectivity index (χ1v) is 10.6. The summed E-state index contributed by atoms with van der Waals surface area (Å²) < 4.78 is 56.6. The van der Waals surface area contributed by atoms with Crippen molar-refractivity contribution in [3.05, 3.63) is 65.0 Å². The molecule has 0 saturated carbocycles. The lowest BCUT2D eigenvalue weighted by Crippen LogP contribution is -2.14. The summed E-state index contributed by atoms with van der Waals surface area (Å²) in [4.78, 5) is 15.3. The van der Waals surface area contributed by atoms with Crippen molar-refractivity contribution in [3.63, 3.8) is 0 Å². The van der Waals surface area contributed by atoms with E-state index in [1.165, 1.54) is 6.07 Å². The zero-order valence-electron chi connectivity index (χ0n) is 19.5. The fourth-order valence-electron chi connectivity index (χ4n) is 2.94. The minimum Gasteiger partial charge on any atom is -0.480 e. The average molecular weight is 515 g/mol. The van der Waals surface area contributed by atoms with E-state index in [0.29, 0.717) is 12.1 Å². The first kappa shape index (κ1) is 29.7. The number of hydrogen-bond acceptors (Lipinski definition) is 6. The molecule has 3 aromatic rings. The zero-order chi connectivity index (χ0) is 25.3. The van der Waals surface area contributed by atoms with Gasteiger partial charge in [-0.05, 0) is 37.1 Å². The largest absolute Gasteiger partial charge is 0.480 e. The third-order valence-electron chi connectivity index (χ3n) is 4.44. The fraction of sp³-hybridized carbons (Fsp3) is 0.348. The Bertz CT molecular complexity index is 1130. The predicted molar refractivity (Wildman–Crippen MR) is 127 cm³/mol. The number of hydrogen-bond donors (Lipinski definition) is 2. The van der Waals surface area contributed by atoms with E-state index in [4.69, 9.17) is 11.1 Å². The number of nitrogens with zero attached hydrogens (tertiary/aromatic N) is 4. The summed E-state index contributed by atoms with van der Waals surface area (Å²) in [6.07, 6.45) is -1.39. The maximum absolute atomic E-state index is 13.7. The molecule has 12 heteroatoms. The number of ether oxygens (including phenoxy) is 1. The van der Waals surface area contributed by atoms with Crippen LogP contribution in [0.15, 0.2) is 36.4 Å². The lowest BCUT2D eigenvalue weighted by molar-refractivity contribution is -0.142. The van der Waals surface area contributed by atoms with Crippen molar-refractivity contribution >= 4 is 18.2 Å². The molecule has 190 valence electrons. The number of amidine groups is 1. The van der Waals surface area contributed by atoms with Gasteiger partial charge in [0.25, 0.3) is 0 Å². The maximum atomic E-state index is 13.7. The van der Waals surface area contributed by atoms with Crippen LogP contribution in [0.25, 0.3) is 11.5 Å². The number of nitrogen functional groups attached to an aromatic ring is 1. The summed E-state index contributed by atoms with van der Waals surface area (Å²) >= 11 is 0. The smallest absolute Gasteiger partial charge is 0.426 e. The molecule has 3 rings (SSSR count). The highest BCUT2D eigenvalue weighted by Crippen LogP contribution is 2.37. The number of pyridine rings is 2. The molecular weight excluding hydrogens is 488 g/mol. The predicted octanol–water partition coefficient (Wildman–Crippen LogP) is 5.40. The Balaban J connectivity index is 0.000000401. The van der Waals surface area contributed by atoms with Gasteiger partial charge in [-0.2, -0.15) is 27.5 Å². The van der Waals surface area contributed by atoms with Crippen molar-refractivity contribution in [1.82, 2.24) is 19.9 Å². The van der Waals surface area contributed by atoms with Crippen molar-refractivity contribution < 1.29 is 22.3 Å². The SMILES string of the molecule is CCCc1cccc(-c2nc(F)c(C(F)(F)F)c(OC)n2)n1.CCCc1cccc(C(=N)N)n1.Cl. The molecule has 0 fully saturated rings. The van der Waals surface area contributed by atoms with Gasteiger partial charge in [0.05, 0.1) is 7.11 Å². The first-order valence-electron chi connectivity index (χ1n) is 10.6. The van der Waals surface area contributed by atoms with E-state index < -0.39 is 23.6 Å². The van der Waals surface area contributed by atoms with Crippen LogP contribution in [-0.4, -0.2) is 32.9 Å². The Morgan fingerprint density at radius 3 is 2.03 bits per heavy atom. The van der Waals surface area contributed by atoms with E-state index in [2.05, 4.69) is 31.6 Å². The highest BCUT2D eigenvalue weighted by Gasteiger charge is 2.40. The number of nitrogens with two attached hydrogens (primary N) is 1. The highest BCUT2D eigenvalue weighted by molar-refractivity contribution is 5.92. The van der Waals surface area contributed by atoms with Crippen molar-refractivity contribution in [1.29, 1.82) is 5.41 Å². The monoisotopic (exact) mass is 514 g/mol. The van der Waals surface area contributed by atoms with Crippen LogP contribution in [0, 0.1) is 11.4 Å². The quantitative estimate of drug-likeness (QED) is 0.189. The van der Waals surface area contributed by atoms with Crippen LogP contribution < -0.4 is 10.5 Å². The van der Waals surface area contributed by atoms with Crippen LogP contribution in [0.5, 0.6) is 5.88 Å². The van der Waals surface area contributed by atoms with Gasteiger partial charge in [-0.1, -0.05) is 38.8 Å². The lowest BCUT2D eigenvalue weighted by atomic mass is 10.2. The van der Waals surface area contributed by atoms with Gasteiger partial charge < -0.3 is 10.5 Å². The van der Waals surface area contributed by atoms with Gasteiger partial charge in [0.15, 0.2) is 11.4 Å². The molecule has 0 radical (unpaired) electrons. The van der Waals surface area contributed by atoms with Crippen LogP contribution in [0.4, 0.5) is 17.6 Å².